The molecular formula is C7H12O7S. The van der Waals surface area contributed by atoms with E-state index in [4.69, 9.17) is 14.8 Å². The second-order valence-corrected chi connectivity index (χ2v) is 4.57. The molecule has 0 aliphatic rings. The zero-order chi connectivity index (χ0) is 12.1. The number of rotatable bonds is 7. The van der Waals surface area contributed by atoms with E-state index in [9.17, 15) is 18.0 Å². The van der Waals surface area contributed by atoms with Gasteiger partial charge in [0, 0.05) is 6.42 Å². The molecule has 0 aromatic rings. The molecule has 0 amide bonds. The lowest BCUT2D eigenvalue weighted by Crippen LogP contribution is -2.23. The first-order chi connectivity index (χ1) is 6.72. The van der Waals surface area contributed by atoms with Gasteiger partial charge in [0.05, 0.1) is 11.7 Å². The van der Waals surface area contributed by atoms with E-state index in [2.05, 4.69) is 0 Å². The average molecular weight is 240 g/mol. The molecule has 0 saturated heterocycles. The second kappa shape index (κ2) is 5.66. The van der Waals surface area contributed by atoms with Crippen molar-refractivity contribution in [2.75, 3.05) is 5.75 Å². The summed E-state index contributed by atoms with van der Waals surface area (Å²) < 4.78 is 29.3. The Kier molecular flexibility index (Phi) is 5.23. The van der Waals surface area contributed by atoms with Crippen LogP contribution in [0.2, 0.25) is 0 Å². The lowest BCUT2D eigenvalue weighted by molar-refractivity contribution is -0.142. The average Bonchev–Trinajstić information content (AvgIpc) is 1.99. The van der Waals surface area contributed by atoms with Gasteiger partial charge in [-0.2, -0.15) is 8.42 Å². The third kappa shape index (κ3) is 7.89. The van der Waals surface area contributed by atoms with Crippen LogP contribution in [0.5, 0.6) is 0 Å². The Hall–Kier alpha value is -1.15. The summed E-state index contributed by atoms with van der Waals surface area (Å²) in [4.78, 5) is 20.7. The summed E-state index contributed by atoms with van der Waals surface area (Å²) in [5, 5.41) is 16.9. The van der Waals surface area contributed by atoms with Gasteiger partial charge in [-0.3, -0.25) is 14.1 Å². The second-order valence-electron chi connectivity index (χ2n) is 3.07. The minimum atomic E-state index is -4.35. The summed E-state index contributed by atoms with van der Waals surface area (Å²) in [6, 6.07) is 0. The van der Waals surface area contributed by atoms with Gasteiger partial charge >= 0.3 is 11.9 Å². The van der Waals surface area contributed by atoms with Crippen LogP contribution >= 0.6 is 0 Å². The van der Waals surface area contributed by atoms with Crippen molar-refractivity contribution in [1.82, 2.24) is 0 Å². The number of carboxylic acids is 2. The van der Waals surface area contributed by atoms with Crippen LogP contribution in [0.4, 0.5) is 0 Å². The van der Waals surface area contributed by atoms with E-state index in [1.54, 1.807) is 0 Å². The standard InChI is InChI=1S/C7H12O7S/c8-6(9)3-1-2-5(7(10)11)4-15(12,13)14/h5H,1-4H2,(H,8,9)(H,10,11)(H,12,13,14)/t5-/m1/s1. The normalized spacial score (nSPS) is 13.4. The van der Waals surface area contributed by atoms with Crippen LogP contribution in [0.15, 0.2) is 0 Å². The quantitative estimate of drug-likeness (QED) is 0.527. The van der Waals surface area contributed by atoms with Crippen molar-refractivity contribution in [2.45, 2.75) is 19.3 Å². The summed E-state index contributed by atoms with van der Waals surface area (Å²) >= 11 is 0. The molecule has 0 radical (unpaired) electrons. The molecule has 0 aromatic carbocycles. The van der Waals surface area contributed by atoms with Gasteiger partial charge in [0.2, 0.25) is 0 Å². The molecule has 0 heterocycles. The van der Waals surface area contributed by atoms with Crippen LogP contribution in [-0.2, 0) is 19.7 Å². The number of carbonyl (C=O) groups is 2. The smallest absolute Gasteiger partial charge is 0.307 e. The Labute approximate surface area is 86.5 Å². The number of hydrogen-bond acceptors (Lipinski definition) is 4. The Morgan fingerprint density at radius 1 is 1.20 bits per heavy atom. The maximum absolute atomic E-state index is 10.5. The summed E-state index contributed by atoms with van der Waals surface area (Å²) in [5.74, 6) is -4.59. The molecule has 0 rings (SSSR count). The molecule has 3 N–H and O–H groups in total. The topological polar surface area (TPSA) is 129 Å². The SMILES string of the molecule is O=C(O)CCC[C@H](CS(=O)(=O)O)C(=O)O. The van der Waals surface area contributed by atoms with Gasteiger partial charge in [0.15, 0.2) is 0 Å². The van der Waals surface area contributed by atoms with E-state index in [0.717, 1.165) is 0 Å². The monoisotopic (exact) mass is 240 g/mol. The molecule has 0 unspecified atom stereocenters. The van der Waals surface area contributed by atoms with Crippen molar-refractivity contribution in [1.29, 1.82) is 0 Å². The fraction of sp³-hybridized carbons (Fsp3) is 0.714. The van der Waals surface area contributed by atoms with Gasteiger partial charge in [0.25, 0.3) is 10.1 Å². The molecule has 0 fully saturated rings. The number of carboxylic acid groups (broad SMARTS) is 2. The van der Waals surface area contributed by atoms with E-state index in [1.165, 1.54) is 0 Å². The van der Waals surface area contributed by atoms with Crippen molar-refractivity contribution in [2.24, 2.45) is 5.92 Å². The highest BCUT2D eigenvalue weighted by molar-refractivity contribution is 7.85. The lowest BCUT2D eigenvalue weighted by Gasteiger charge is -2.08. The van der Waals surface area contributed by atoms with Gasteiger partial charge in [-0.05, 0) is 12.8 Å². The van der Waals surface area contributed by atoms with Crippen LogP contribution in [-0.4, -0.2) is 40.9 Å². The molecule has 0 bridgehead atoms. The summed E-state index contributed by atoms with van der Waals surface area (Å²) in [7, 11) is -4.35. The number of hydrogen-bond donors (Lipinski definition) is 3. The molecular weight excluding hydrogens is 228 g/mol. The zero-order valence-corrected chi connectivity index (χ0v) is 8.61. The third-order valence-corrected chi connectivity index (χ3v) is 2.53. The Bertz CT molecular complexity index is 331. The highest BCUT2D eigenvalue weighted by Gasteiger charge is 2.23. The minimum absolute atomic E-state index is 0.0574. The predicted molar refractivity (Wildman–Crippen MR) is 49.0 cm³/mol. The van der Waals surface area contributed by atoms with E-state index < -0.39 is 33.7 Å². The first kappa shape index (κ1) is 13.8. The van der Waals surface area contributed by atoms with Crippen LogP contribution in [0, 0.1) is 5.92 Å². The fourth-order valence-electron chi connectivity index (χ4n) is 1.03. The van der Waals surface area contributed by atoms with Crippen LogP contribution in [0.3, 0.4) is 0 Å². The van der Waals surface area contributed by atoms with Crippen molar-refractivity contribution < 1.29 is 32.8 Å². The van der Waals surface area contributed by atoms with E-state index in [1.807, 2.05) is 0 Å². The van der Waals surface area contributed by atoms with Crippen molar-refractivity contribution in [3.05, 3.63) is 0 Å². The van der Waals surface area contributed by atoms with Crippen molar-refractivity contribution in [3.8, 4) is 0 Å². The van der Waals surface area contributed by atoms with Crippen LogP contribution in [0.1, 0.15) is 19.3 Å². The predicted octanol–water partition coefficient (Wildman–Crippen LogP) is -0.170. The van der Waals surface area contributed by atoms with Gasteiger partial charge < -0.3 is 10.2 Å². The molecule has 7 nitrogen and oxygen atoms in total. The first-order valence-electron chi connectivity index (χ1n) is 4.12. The summed E-state index contributed by atoms with van der Waals surface area (Å²) in [6.45, 7) is 0. The molecule has 0 spiro atoms. The highest BCUT2D eigenvalue weighted by Crippen LogP contribution is 2.11. The van der Waals surface area contributed by atoms with Gasteiger partial charge in [-0.25, -0.2) is 0 Å². The van der Waals surface area contributed by atoms with Gasteiger partial charge in [-0.15, -0.1) is 0 Å². The van der Waals surface area contributed by atoms with Gasteiger partial charge in [0.1, 0.15) is 0 Å². The maximum Gasteiger partial charge on any atom is 0.307 e. The van der Waals surface area contributed by atoms with Crippen LogP contribution < -0.4 is 0 Å². The van der Waals surface area contributed by atoms with Crippen molar-refractivity contribution >= 4 is 22.1 Å². The number of aliphatic carboxylic acids is 2. The molecule has 8 heteroatoms. The summed E-state index contributed by atoms with van der Waals surface area (Å²) in [6.07, 6.45) is -0.265. The molecule has 0 aliphatic heterocycles. The molecule has 0 aliphatic carbocycles. The van der Waals surface area contributed by atoms with Crippen LogP contribution in [0.25, 0.3) is 0 Å². The molecule has 15 heavy (non-hydrogen) atoms. The first-order valence-corrected chi connectivity index (χ1v) is 5.73. The van der Waals surface area contributed by atoms with Crippen molar-refractivity contribution in [3.63, 3.8) is 0 Å². The lowest BCUT2D eigenvalue weighted by atomic mass is 10.0. The molecule has 1 atom stereocenters. The minimum Gasteiger partial charge on any atom is -0.481 e. The van der Waals surface area contributed by atoms with E-state index >= 15 is 0 Å². The third-order valence-electron chi connectivity index (χ3n) is 1.70. The molecule has 0 aromatic heterocycles. The zero-order valence-electron chi connectivity index (χ0n) is 7.79. The Balaban J connectivity index is 4.18. The molecule has 88 valence electrons. The van der Waals surface area contributed by atoms with E-state index in [0.29, 0.717) is 0 Å². The molecule has 0 saturated carbocycles. The van der Waals surface area contributed by atoms with Gasteiger partial charge in [-0.1, -0.05) is 0 Å². The largest absolute Gasteiger partial charge is 0.481 e. The Morgan fingerprint density at radius 2 is 1.73 bits per heavy atom. The summed E-state index contributed by atoms with van der Waals surface area (Å²) in [5.41, 5.74) is 0. The maximum atomic E-state index is 10.5. The highest BCUT2D eigenvalue weighted by atomic mass is 32.2. The van der Waals surface area contributed by atoms with E-state index in [-0.39, 0.29) is 19.3 Å². The Morgan fingerprint density at radius 3 is 2.07 bits per heavy atom. The fourth-order valence-corrected chi connectivity index (χ4v) is 1.85.